The Morgan fingerprint density at radius 3 is 2.66 bits per heavy atom. The Morgan fingerprint density at radius 2 is 1.84 bits per heavy atom. The number of aromatic nitrogens is 4. The first-order valence-electron chi connectivity index (χ1n) is 11.2. The Balaban J connectivity index is 1.38. The minimum Gasteiger partial charge on any atom is -0.378 e. The first kappa shape index (κ1) is 19.7. The number of anilines is 1. The van der Waals surface area contributed by atoms with Crippen molar-refractivity contribution in [2.75, 3.05) is 31.2 Å². The molecule has 6 rings (SSSR count). The van der Waals surface area contributed by atoms with Crippen molar-refractivity contribution in [2.24, 2.45) is 0 Å². The lowest BCUT2D eigenvalue weighted by Gasteiger charge is -2.26. The summed E-state index contributed by atoms with van der Waals surface area (Å²) in [5.74, 6) is 1.06. The number of fused-ring (bicyclic) bond motifs is 3. The lowest BCUT2D eigenvalue weighted by molar-refractivity contribution is 0.122. The van der Waals surface area contributed by atoms with Gasteiger partial charge in [-0.15, -0.1) is 0 Å². The molecule has 1 unspecified atom stereocenters. The average Bonchev–Trinajstić information content (AvgIpc) is 3.23. The summed E-state index contributed by atoms with van der Waals surface area (Å²) in [6.07, 6.45) is 9.26. The molecule has 1 fully saturated rings. The van der Waals surface area contributed by atoms with E-state index in [1.165, 1.54) is 17.0 Å². The number of ether oxygens (including phenoxy) is 1. The molecule has 0 spiro atoms. The Bertz CT molecular complexity index is 1260. The number of benzene rings is 1. The molecule has 1 aliphatic heterocycles. The molecule has 0 saturated carbocycles. The summed E-state index contributed by atoms with van der Waals surface area (Å²) in [6, 6.07) is 12.4. The van der Waals surface area contributed by atoms with E-state index < -0.39 is 0 Å². The highest BCUT2D eigenvalue weighted by molar-refractivity contribution is 6.30. The van der Waals surface area contributed by atoms with Gasteiger partial charge in [0.05, 0.1) is 24.6 Å². The van der Waals surface area contributed by atoms with Crippen LogP contribution in [0.5, 0.6) is 0 Å². The molecule has 1 aromatic carbocycles. The van der Waals surface area contributed by atoms with E-state index in [1.807, 2.05) is 24.5 Å². The number of halogens is 1. The largest absolute Gasteiger partial charge is 0.378 e. The average molecular weight is 446 g/mol. The van der Waals surface area contributed by atoms with Crippen LogP contribution in [-0.4, -0.2) is 45.7 Å². The number of hydrogen-bond donors (Lipinski definition) is 0. The second-order valence-corrected chi connectivity index (χ2v) is 8.90. The fourth-order valence-electron chi connectivity index (χ4n) is 4.89. The van der Waals surface area contributed by atoms with Crippen LogP contribution >= 0.6 is 11.6 Å². The highest BCUT2D eigenvalue weighted by atomic mass is 35.5. The van der Waals surface area contributed by atoms with Crippen LogP contribution in [0.4, 0.5) is 5.95 Å². The van der Waals surface area contributed by atoms with E-state index >= 15 is 0 Å². The van der Waals surface area contributed by atoms with Crippen molar-refractivity contribution < 1.29 is 4.74 Å². The van der Waals surface area contributed by atoms with Gasteiger partial charge in [-0.05, 0) is 49.1 Å². The van der Waals surface area contributed by atoms with Crippen LogP contribution in [0.15, 0.2) is 55.0 Å². The third-order valence-electron chi connectivity index (χ3n) is 6.48. The van der Waals surface area contributed by atoms with Crippen molar-refractivity contribution in [3.63, 3.8) is 0 Å². The Morgan fingerprint density at radius 1 is 1.00 bits per heavy atom. The summed E-state index contributed by atoms with van der Waals surface area (Å²) in [7, 11) is 0. The van der Waals surface area contributed by atoms with Gasteiger partial charge in [-0.3, -0.25) is 0 Å². The van der Waals surface area contributed by atoms with E-state index in [2.05, 4.69) is 49.7 Å². The number of pyridine rings is 1. The molecule has 162 valence electrons. The second kappa shape index (κ2) is 8.19. The molecule has 1 aliphatic carbocycles. The lowest BCUT2D eigenvalue weighted by Crippen LogP contribution is -2.37. The molecule has 1 atom stereocenters. The first-order chi connectivity index (χ1) is 15.8. The van der Waals surface area contributed by atoms with Gasteiger partial charge in [0.25, 0.3) is 0 Å². The van der Waals surface area contributed by atoms with Crippen molar-refractivity contribution in [3.05, 3.63) is 77.0 Å². The van der Waals surface area contributed by atoms with Gasteiger partial charge < -0.3 is 14.0 Å². The fraction of sp³-hybridized carbons (Fsp3) is 0.320. The van der Waals surface area contributed by atoms with Gasteiger partial charge in [-0.25, -0.2) is 15.0 Å². The van der Waals surface area contributed by atoms with Gasteiger partial charge in [0.2, 0.25) is 5.95 Å². The summed E-state index contributed by atoms with van der Waals surface area (Å²) >= 11 is 6.31. The van der Waals surface area contributed by atoms with Crippen LogP contribution in [0.2, 0.25) is 5.02 Å². The summed E-state index contributed by atoms with van der Waals surface area (Å²) in [5, 5.41) is 0.779. The zero-order valence-corrected chi connectivity index (χ0v) is 18.5. The van der Waals surface area contributed by atoms with Crippen LogP contribution < -0.4 is 4.90 Å². The van der Waals surface area contributed by atoms with Crippen molar-refractivity contribution in [1.82, 2.24) is 19.4 Å². The quantitative estimate of drug-likeness (QED) is 0.455. The number of morpholine rings is 1. The maximum Gasteiger partial charge on any atom is 0.225 e. The monoisotopic (exact) mass is 445 g/mol. The zero-order valence-electron chi connectivity index (χ0n) is 17.7. The van der Waals surface area contributed by atoms with Crippen molar-refractivity contribution in [3.8, 4) is 11.1 Å². The fourth-order valence-corrected chi connectivity index (χ4v) is 5.09. The SMILES string of the molecule is Clc1cccc(C2CCCc3nc4ccc(-c5cnc(N6CCOCC6)nc5)cn4c32)c1. The molecular weight excluding hydrogens is 422 g/mol. The van der Waals surface area contributed by atoms with E-state index in [-0.39, 0.29) is 0 Å². The topological polar surface area (TPSA) is 55.5 Å². The number of aryl methyl sites for hydroxylation is 1. The van der Waals surface area contributed by atoms with E-state index in [9.17, 15) is 0 Å². The molecule has 4 aromatic rings. The van der Waals surface area contributed by atoms with Crippen molar-refractivity contribution >= 4 is 23.2 Å². The van der Waals surface area contributed by atoms with Crippen LogP contribution in [0.3, 0.4) is 0 Å². The molecule has 0 N–H and O–H groups in total. The summed E-state index contributed by atoms with van der Waals surface area (Å²) in [6.45, 7) is 3.11. The molecule has 4 heterocycles. The van der Waals surface area contributed by atoms with E-state index in [0.717, 1.165) is 73.3 Å². The minimum absolute atomic E-state index is 0.294. The molecule has 3 aromatic heterocycles. The van der Waals surface area contributed by atoms with Gasteiger partial charge >= 0.3 is 0 Å². The Kier molecular flexibility index (Phi) is 5.04. The predicted octanol–water partition coefficient (Wildman–Crippen LogP) is 4.75. The third kappa shape index (κ3) is 3.53. The third-order valence-corrected chi connectivity index (χ3v) is 6.72. The standard InChI is InChI=1S/C25H24ClN5O/c26-20-4-1-3-17(13-20)21-5-2-6-22-24(21)31-16-18(7-8-23(31)29-22)19-14-27-25(28-15-19)30-9-11-32-12-10-30/h1,3-4,7-8,13-16,21H,2,5-6,9-12H2. The molecule has 32 heavy (non-hydrogen) atoms. The summed E-state index contributed by atoms with van der Waals surface area (Å²) in [4.78, 5) is 16.4. The zero-order chi connectivity index (χ0) is 21.5. The summed E-state index contributed by atoms with van der Waals surface area (Å²) in [5.41, 5.74) is 6.80. The predicted molar refractivity (Wildman–Crippen MR) is 125 cm³/mol. The number of imidazole rings is 1. The van der Waals surface area contributed by atoms with Crippen LogP contribution in [0.25, 0.3) is 16.8 Å². The first-order valence-corrected chi connectivity index (χ1v) is 11.6. The smallest absolute Gasteiger partial charge is 0.225 e. The van der Waals surface area contributed by atoms with Gasteiger partial charge in [-0.1, -0.05) is 23.7 Å². The van der Waals surface area contributed by atoms with Crippen LogP contribution in [0, 0.1) is 0 Å². The van der Waals surface area contributed by atoms with Crippen LogP contribution in [-0.2, 0) is 11.2 Å². The highest BCUT2D eigenvalue weighted by Crippen LogP contribution is 2.38. The lowest BCUT2D eigenvalue weighted by atomic mass is 9.84. The Labute approximate surface area is 191 Å². The molecular formula is C25H24ClN5O. The molecule has 7 heteroatoms. The second-order valence-electron chi connectivity index (χ2n) is 8.46. The van der Waals surface area contributed by atoms with E-state index in [4.69, 9.17) is 21.3 Å². The van der Waals surface area contributed by atoms with E-state index in [1.54, 1.807) is 0 Å². The van der Waals surface area contributed by atoms with Crippen molar-refractivity contribution in [1.29, 1.82) is 0 Å². The maximum absolute atomic E-state index is 6.31. The van der Waals surface area contributed by atoms with Gasteiger partial charge in [0, 0.05) is 53.7 Å². The van der Waals surface area contributed by atoms with Crippen LogP contribution in [0.1, 0.15) is 35.7 Å². The number of nitrogens with zero attached hydrogens (tertiary/aromatic N) is 5. The minimum atomic E-state index is 0.294. The number of rotatable bonds is 3. The molecule has 0 radical (unpaired) electrons. The maximum atomic E-state index is 6.31. The normalized spacial score (nSPS) is 18.7. The summed E-state index contributed by atoms with van der Waals surface area (Å²) < 4.78 is 7.68. The van der Waals surface area contributed by atoms with Gasteiger partial charge in [0.15, 0.2) is 0 Å². The van der Waals surface area contributed by atoms with Crippen molar-refractivity contribution in [2.45, 2.75) is 25.2 Å². The molecule has 0 bridgehead atoms. The molecule has 6 nitrogen and oxygen atoms in total. The van der Waals surface area contributed by atoms with Gasteiger partial charge in [0.1, 0.15) is 5.65 Å². The molecule has 2 aliphatic rings. The molecule has 0 amide bonds. The van der Waals surface area contributed by atoms with Gasteiger partial charge in [-0.2, -0.15) is 0 Å². The molecule has 1 saturated heterocycles. The number of hydrogen-bond acceptors (Lipinski definition) is 5. The Hall–Kier alpha value is -2.96. The van der Waals surface area contributed by atoms with E-state index in [0.29, 0.717) is 5.92 Å². The highest BCUT2D eigenvalue weighted by Gasteiger charge is 2.27.